The summed E-state index contributed by atoms with van der Waals surface area (Å²) in [6.07, 6.45) is 0.660. The van der Waals surface area contributed by atoms with Crippen LogP contribution < -0.4 is 0 Å². The summed E-state index contributed by atoms with van der Waals surface area (Å²) in [6, 6.07) is 4.08. The Hall–Kier alpha value is -1.35. The molecule has 1 aliphatic rings. The zero-order chi connectivity index (χ0) is 16.3. The minimum absolute atomic E-state index is 0.249. The lowest BCUT2D eigenvalue weighted by Crippen LogP contribution is -2.26. The first-order valence-electron chi connectivity index (χ1n) is 7.50. The number of thiophene rings is 1. The van der Waals surface area contributed by atoms with Crippen molar-refractivity contribution in [1.82, 2.24) is 9.80 Å². The van der Waals surface area contributed by atoms with E-state index in [2.05, 4.69) is 29.9 Å². The molecule has 0 bridgehead atoms. The summed E-state index contributed by atoms with van der Waals surface area (Å²) in [5, 5.41) is 9.62. The van der Waals surface area contributed by atoms with Crippen LogP contribution in [0.1, 0.15) is 30.0 Å². The first kappa shape index (κ1) is 17.0. The number of rotatable bonds is 4. The van der Waals surface area contributed by atoms with Gasteiger partial charge in [-0.2, -0.15) is 0 Å². The van der Waals surface area contributed by atoms with Gasteiger partial charge in [-0.1, -0.05) is 11.8 Å². The maximum atomic E-state index is 11.6. The molecular weight excluding hydrogens is 296 g/mol. The van der Waals surface area contributed by atoms with E-state index in [1.54, 1.807) is 25.2 Å². The fraction of sp³-hybridized carbons (Fsp3) is 0.588. The van der Waals surface area contributed by atoms with Crippen molar-refractivity contribution in [2.24, 2.45) is 5.92 Å². The Morgan fingerprint density at radius 2 is 2.23 bits per heavy atom. The van der Waals surface area contributed by atoms with Gasteiger partial charge >= 0.3 is 0 Å². The van der Waals surface area contributed by atoms with E-state index in [1.165, 1.54) is 4.88 Å². The monoisotopic (exact) mass is 320 g/mol. The third-order valence-corrected chi connectivity index (χ3v) is 4.56. The Labute approximate surface area is 136 Å². The van der Waals surface area contributed by atoms with Gasteiger partial charge in [-0.15, -0.1) is 11.3 Å². The van der Waals surface area contributed by atoms with Crippen molar-refractivity contribution >= 4 is 17.2 Å². The molecule has 1 unspecified atom stereocenters. The lowest BCUT2D eigenvalue weighted by molar-refractivity contribution is -0.126. The van der Waals surface area contributed by atoms with Crippen LogP contribution in [0.3, 0.4) is 0 Å². The molecule has 2 rings (SSSR count). The van der Waals surface area contributed by atoms with Crippen LogP contribution in [0.4, 0.5) is 0 Å². The Bertz CT molecular complexity index is 592. The number of amides is 1. The molecule has 1 atom stereocenters. The van der Waals surface area contributed by atoms with E-state index in [0.717, 1.165) is 24.5 Å². The number of hydrogen-bond donors (Lipinski definition) is 1. The van der Waals surface area contributed by atoms with Gasteiger partial charge < -0.3 is 14.9 Å². The van der Waals surface area contributed by atoms with Gasteiger partial charge in [0.05, 0.1) is 4.88 Å². The largest absolute Gasteiger partial charge is 0.378 e. The van der Waals surface area contributed by atoms with Crippen LogP contribution in [0, 0.1) is 17.8 Å². The zero-order valence-electron chi connectivity index (χ0n) is 13.7. The van der Waals surface area contributed by atoms with E-state index in [9.17, 15) is 9.90 Å². The van der Waals surface area contributed by atoms with Crippen LogP contribution in [0.25, 0.3) is 0 Å². The molecule has 5 heteroatoms. The quantitative estimate of drug-likeness (QED) is 0.860. The van der Waals surface area contributed by atoms with Crippen LogP contribution in [0.15, 0.2) is 12.1 Å². The number of carbonyl (C=O) groups is 1. The number of carbonyl (C=O) groups excluding carboxylic acids is 1. The number of nitrogens with zero attached hydrogens (tertiary/aromatic N) is 2. The number of hydrogen-bond acceptors (Lipinski definition) is 4. The fourth-order valence-electron chi connectivity index (χ4n) is 2.59. The summed E-state index contributed by atoms with van der Waals surface area (Å²) >= 11 is 1.66. The van der Waals surface area contributed by atoms with E-state index >= 15 is 0 Å². The van der Waals surface area contributed by atoms with Gasteiger partial charge in [0, 0.05) is 38.0 Å². The lowest BCUT2D eigenvalue weighted by atomic mass is 10.1. The van der Waals surface area contributed by atoms with Crippen LogP contribution >= 0.6 is 11.3 Å². The molecule has 4 nitrogen and oxygen atoms in total. The standard InChI is InChI=1S/C17H24N2O2S/c1-17(2,21)8-7-14-5-6-15(22-14)12-18(3)10-13-9-16(20)19(4)11-13/h5-6,13,21H,9-12H2,1-4H3. The Morgan fingerprint density at radius 1 is 1.50 bits per heavy atom. The third-order valence-electron chi connectivity index (χ3n) is 3.57. The highest BCUT2D eigenvalue weighted by atomic mass is 32.1. The second-order valence-corrected chi connectivity index (χ2v) is 7.78. The molecule has 1 aromatic rings. The third kappa shape index (κ3) is 5.13. The molecule has 0 saturated carbocycles. The highest BCUT2D eigenvalue weighted by Gasteiger charge is 2.27. The van der Waals surface area contributed by atoms with Gasteiger partial charge in [-0.05, 0) is 38.9 Å². The molecule has 1 aliphatic heterocycles. The average molecular weight is 320 g/mol. The summed E-state index contributed by atoms with van der Waals surface area (Å²) < 4.78 is 0. The molecule has 0 radical (unpaired) electrons. The van der Waals surface area contributed by atoms with E-state index in [1.807, 2.05) is 18.0 Å². The van der Waals surface area contributed by atoms with Crippen LogP contribution in [0.2, 0.25) is 0 Å². The van der Waals surface area contributed by atoms with Crippen molar-refractivity contribution in [2.45, 2.75) is 32.4 Å². The molecule has 1 fully saturated rings. The topological polar surface area (TPSA) is 43.8 Å². The molecule has 22 heavy (non-hydrogen) atoms. The minimum Gasteiger partial charge on any atom is -0.378 e. The molecule has 2 heterocycles. The van der Waals surface area contributed by atoms with Crippen molar-refractivity contribution in [3.8, 4) is 11.8 Å². The molecule has 1 N–H and O–H groups in total. The zero-order valence-corrected chi connectivity index (χ0v) is 14.5. The van der Waals surface area contributed by atoms with Crippen LogP contribution in [0.5, 0.6) is 0 Å². The first-order chi connectivity index (χ1) is 10.2. The number of likely N-dealkylation sites (tertiary alicyclic amines) is 1. The fourth-order valence-corrected chi connectivity index (χ4v) is 3.54. The van der Waals surface area contributed by atoms with Crippen molar-refractivity contribution in [3.63, 3.8) is 0 Å². The normalized spacial score (nSPS) is 18.7. The Kier molecular flexibility index (Phi) is 5.28. The van der Waals surface area contributed by atoms with Gasteiger partial charge in [0.1, 0.15) is 5.60 Å². The van der Waals surface area contributed by atoms with Crippen molar-refractivity contribution in [1.29, 1.82) is 0 Å². The summed E-state index contributed by atoms with van der Waals surface area (Å²) in [7, 11) is 3.96. The second-order valence-electron chi connectivity index (χ2n) is 6.62. The summed E-state index contributed by atoms with van der Waals surface area (Å²) in [5.41, 5.74) is -0.956. The lowest BCUT2D eigenvalue weighted by Gasteiger charge is -2.19. The van der Waals surface area contributed by atoms with Gasteiger partial charge in [0.15, 0.2) is 0 Å². The van der Waals surface area contributed by atoms with Crippen LogP contribution in [-0.2, 0) is 11.3 Å². The molecule has 0 aliphatic carbocycles. The molecule has 0 spiro atoms. The molecule has 1 amide bonds. The van der Waals surface area contributed by atoms with Crippen molar-refractivity contribution < 1.29 is 9.90 Å². The SMILES string of the molecule is CN(Cc1ccc(C#CC(C)(C)O)s1)CC1CC(=O)N(C)C1. The second kappa shape index (κ2) is 6.82. The predicted molar refractivity (Wildman–Crippen MR) is 89.6 cm³/mol. The number of aliphatic hydroxyl groups is 1. The van der Waals surface area contributed by atoms with E-state index in [0.29, 0.717) is 12.3 Å². The maximum absolute atomic E-state index is 11.6. The first-order valence-corrected chi connectivity index (χ1v) is 8.31. The van der Waals surface area contributed by atoms with Gasteiger partial charge in [0.2, 0.25) is 5.91 Å². The highest BCUT2D eigenvalue weighted by molar-refractivity contribution is 7.12. The van der Waals surface area contributed by atoms with Gasteiger partial charge in [-0.25, -0.2) is 0 Å². The molecule has 1 aromatic heterocycles. The van der Waals surface area contributed by atoms with E-state index < -0.39 is 5.60 Å². The van der Waals surface area contributed by atoms with Crippen molar-refractivity contribution in [3.05, 3.63) is 21.9 Å². The highest BCUT2D eigenvalue weighted by Crippen LogP contribution is 2.20. The maximum Gasteiger partial charge on any atom is 0.222 e. The molecule has 0 aromatic carbocycles. The Morgan fingerprint density at radius 3 is 2.82 bits per heavy atom. The molecule has 1 saturated heterocycles. The smallest absolute Gasteiger partial charge is 0.222 e. The van der Waals surface area contributed by atoms with Gasteiger partial charge in [-0.3, -0.25) is 4.79 Å². The average Bonchev–Trinajstić information content (AvgIpc) is 2.94. The van der Waals surface area contributed by atoms with E-state index in [-0.39, 0.29) is 5.91 Å². The van der Waals surface area contributed by atoms with Crippen molar-refractivity contribution in [2.75, 3.05) is 27.2 Å². The van der Waals surface area contributed by atoms with E-state index in [4.69, 9.17) is 0 Å². The van der Waals surface area contributed by atoms with Crippen LogP contribution in [-0.4, -0.2) is 53.6 Å². The minimum atomic E-state index is -0.956. The summed E-state index contributed by atoms with van der Waals surface area (Å²) in [6.45, 7) is 6.02. The Balaban J connectivity index is 1.87. The molecule has 120 valence electrons. The van der Waals surface area contributed by atoms with Gasteiger partial charge in [0.25, 0.3) is 0 Å². The summed E-state index contributed by atoms with van der Waals surface area (Å²) in [4.78, 5) is 17.9. The summed E-state index contributed by atoms with van der Waals surface area (Å²) in [5.74, 6) is 6.52. The molecular formula is C17H24N2O2S. The predicted octanol–water partition coefficient (Wildman–Crippen LogP) is 1.78.